The normalized spacial score (nSPS) is 18.2. The number of allylic oxidation sites excluding steroid dienone is 1. The van der Waals surface area contributed by atoms with Crippen LogP contribution in [0.15, 0.2) is 29.3 Å². The van der Waals surface area contributed by atoms with Crippen molar-refractivity contribution in [2.75, 3.05) is 12.4 Å². The summed E-state index contributed by atoms with van der Waals surface area (Å²) in [7, 11) is 2.14. The molecule has 2 aromatic rings. The fraction of sp³-hybridized carbons (Fsp3) is 0.353. The van der Waals surface area contributed by atoms with Crippen LogP contribution >= 0.6 is 23.1 Å². The quantitative estimate of drug-likeness (QED) is 0.835. The number of benzene rings is 1. The number of aryl methyl sites for hydroxylation is 2. The second kappa shape index (κ2) is 5.97. The average molecular weight is 332 g/mol. The van der Waals surface area contributed by atoms with E-state index in [1.54, 1.807) is 11.3 Å². The second-order valence-electron chi connectivity index (χ2n) is 5.72. The Hall–Kier alpha value is -1.46. The largest absolute Gasteiger partial charge is 0.365 e. The Morgan fingerprint density at radius 1 is 1.23 bits per heavy atom. The van der Waals surface area contributed by atoms with E-state index in [0.717, 1.165) is 16.5 Å². The molecule has 1 aromatic heterocycles. The van der Waals surface area contributed by atoms with Crippen LogP contribution in [-0.2, 0) is 0 Å². The van der Waals surface area contributed by atoms with Crippen LogP contribution in [0.3, 0.4) is 0 Å². The van der Waals surface area contributed by atoms with E-state index in [9.17, 15) is 0 Å². The van der Waals surface area contributed by atoms with Crippen LogP contribution in [0, 0.1) is 13.8 Å². The van der Waals surface area contributed by atoms with Crippen molar-refractivity contribution in [1.29, 1.82) is 0 Å². The van der Waals surface area contributed by atoms with Gasteiger partial charge in [-0.15, -0.1) is 11.3 Å². The van der Waals surface area contributed by atoms with E-state index in [1.807, 2.05) is 11.8 Å². The van der Waals surface area contributed by atoms with Crippen molar-refractivity contribution in [2.24, 2.45) is 0 Å². The summed E-state index contributed by atoms with van der Waals surface area (Å²) in [6.07, 6.45) is 0. The first-order valence-electron chi connectivity index (χ1n) is 7.36. The zero-order valence-corrected chi connectivity index (χ0v) is 15.2. The van der Waals surface area contributed by atoms with E-state index in [1.165, 1.54) is 21.7 Å². The molecule has 2 heterocycles. The number of aromatic nitrogens is 1. The highest BCUT2D eigenvalue weighted by molar-refractivity contribution is 8.09. The molecule has 5 heteroatoms. The number of nitrogens with zero attached hydrogens (tertiary/aromatic N) is 2. The predicted octanol–water partition coefficient (Wildman–Crippen LogP) is 5.22. The zero-order chi connectivity index (χ0) is 15.9. The predicted molar refractivity (Wildman–Crippen MR) is 98.7 cm³/mol. The number of nitrogens with one attached hydrogen (secondary N) is 1. The molecule has 0 amide bonds. The summed E-state index contributed by atoms with van der Waals surface area (Å²) >= 11 is 3.54. The van der Waals surface area contributed by atoms with Crippen LogP contribution in [0.1, 0.15) is 30.7 Å². The smallest absolute Gasteiger partial charge is 0.187 e. The number of rotatable bonds is 3. The van der Waals surface area contributed by atoms with Gasteiger partial charge in [-0.1, -0.05) is 23.9 Å². The number of hydrogen-bond acceptors (Lipinski definition) is 5. The molecule has 1 N–H and O–H groups in total. The van der Waals surface area contributed by atoms with E-state index >= 15 is 0 Å². The van der Waals surface area contributed by atoms with E-state index < -0.39 is 0 Å². The molecule has 1 atom stereocenters. The van der Waals surface area contributed by atoms with E-state index in [-0.39, 0.29) is 0 Å². The Balaban J connectivity index is 1.84. The van der Waals surface area contributed by atoms with Crippen LogP contribution in [-0.4, -0.2) is 22.3 Å². The van der Waals surface area contributed by atoms with Gasteiger partial charge >= 0.3 is 0 Å². The van der Waals surface area contributed by atoms with Gasteiger partial charge in [0, 0.05) is 23.8 Å². The highest BCUT2D eigenvalue weighted by atomic mass is 32.2. The molecule has 22 heavy (non-hydrogen) atoms. The van der Waals surface area contributed by atoms with Crippen molar-refractivity contribution >= 4 is 38.8 Å². The summed E-state index contributed by atoms with van der Waals surface area (Å²) < 4.78 is 0. The minimum absolute atomic E-state index is 0.479. The summed E-state index contributed by atoms with van der Waals surface area (Å²) in [5, 5.41) is 7.03. The molecule has 0 saturated heterocycles. The van der Waals surface area contributed by atoms with Crippen LogP contribution in [0.5, 0.6) is 0 Å². The van der Waals surface area contributed by atoms with Crippen LogP contribution in [0.4, 0.5) is 10.8 Å². The van der Waals surface area contributed by atoms with Crippen molar-refractivity contribution in [1.82, 2.24) is 9.88 Å². The Morgan fingerprint density at radius 2 is 2.00 bits per heavy atom. The third kappa shape index (κ3) is 2.88. The van der Waals surface area contributed by atoms with Crippen molar-refractivity contribution < 1.29 is 0 Å². The van der Waals surface area contributed by atoms with Gasteiger partial charge in [0.15, 0.2) is 5.13 Å². The lowest BCUT2D eigenvalue weighted by molar-refractivity contribution is 0.424. The molecule has 3 rings (SSSR count). The van der Waals surface area contributed by atoms with Crippen LogP contribution in [0.25, 0.3) is 4.91 Å². The highest BCUT2D eigenvalue weighted by Crippen LogP contribution is 2.43. The summed E-state index contributed by atoms with van der Waals surface area (Å²) in [5.41, 5.74) is 6.01. The molecule has 0 spiro atoms. The molecule has 0 saturated carbocycles. The average Bonchev–Trinajstić information content (AvgIpc) is 3.03. The molecule has 1 aliphatic rings. The maximum atomic E-state index is 4.78. The number of hydrogen-bond donors (Lipinski definition) is 1. The maximum absolute atomic E-state index is 4.78. The fourth-order valence-corrected chi connectivity index (χ4v) is 4.42. The highest BCUT2D eigenvalue weighted by Gasteiger charge is 2.26. The van der Waals surface area contributed by atoms with Crippen molar-refractivity contribution in [3.63, 3.8) is 0 Å². The topological polar surface area (TPSA) is 28.2 Å². The first-order chi connectivity index (χ1) is 10.5. The lowest BCUT2D eigenvalue weighted by Gasteiger charge is -2.17. The molecular weight excluding hydrogens is 310 g/mol. The van der Waals surface area contributed by atoms with E-state index in [2.05, 4.69) is 68.5 Å². The lowest BCUT2D eigenvalue weighted by atomic mass is 10.1. The van der Waals surface area contributed by atoms with Gasteiger partial charge in [-0.05, 0) is 44.9 Å². The summed E-state index contributed by atoms with van der Waals surface area (Å²) in [6.45, 7) is 8.62. The second-order valence-corrected chi connectivity index (χ2v) is 7.91. The van der Waals surface area contributed by atoms with Crippen LogP contribution in [0.2, 0.25) is 0 Å². The lowest BCUT2D eigenvalue weighted by Crippen LogP contribution is -2.18. The van der Waals surface area contributed by atoms with Gasteiger partial charge < -0.3 is 10.2 Å². The zero-order valence-electron chi connectivity index (χ0n) is 13.6. The number of thioether (sulfide) groups is 1. The Kier molecular flexibility index (Phi) is 4.19. The maximum Gasteiger partial charge on any atom is 0.187 e. The molecule has 116 valence electrons. The van der Waals surface area contributed by atoms with Gasteiger partial charge in [0.2, 0.25) is 0 Å². The van der Waals surface area contributed by atoms with Gasteiger partial charge in [-0.3, -0.25) is 0 Å². The summed E-state index contributed by atoms with van der Waals surface area (Å²) in [6, 6.07) is 6.44. The Labute approximate surface area is 140 Å². The Morgan fingerprint density at radius 3 is 2.68 bits per heavy atom. The van der Waals surface area contributed by atoms with Gasteiger partial charge in [0.05, 0.1) is 16.0 Å². The van der Waals surface area contributed by atoms with Crippen molar-refractivity contribution in [3.8, 4) is 0 Å². The summed E-state index contributed by atoms with van der Waals surface area (Å²) in [5.74, 6) is 0. The monoisotopic (exact) mass is 331 g/mol. The molecular formula is C17H21N3S2. The van der Waals surface area contributed by atoms with Crippen LogP contribution < -0.4 is 5.32 Å². The van der Waals surface area contributed by atoms with Crippen molar-refractivity contribution in [3.05, 3.63) is 46.1 Å². The minimum Gasteiger partial charge on any atom is -0.365 e. The van der Waals surface area contributed by atoms with Gasteiger partial charge in [0.1, 0.15) is 0 Å². The number of anilines is 2. The summed E-state index contributed by atoms with van der Waals surface area (Å²) in [4.78, 5) is 8.37. The molecule has 0 aliphatic carbocycles. The SMILES string of the molecule is CC1=C(c2csc(Nc3cc(C)ccc3C)n2)SC(C)N1C. The molecule has 1 aliphatic heterocycles. The minimum atomic E-state index is 0.479. The molecule has 0 radical (unpaired) electrons. The first-order valence-corrected chi connectivity index (χ1v) is 9.12. The standard InChI is InChI=1S/C17H21N3S2/c1-10-6-7-11(2)14(8-10)18-17-19-15(9-21-17)16-12(3)20(5)13(4)22-16/h6-9,13H,1-5H3,(H,18,19). The third-order valence-corrected chi connectivity index (χ3v) is 6.22. The third-order valence-electron chi connectivity index (χ3n) is 4.06. The van der Waals surface area contributed by atoms with Gasteiger partial charge in [-0.2, -0.15) is 0 Å². The molecule has 0 bridgehead atoms. The fourth-order valence-electron chi connectivity index (χ4n) is 2.43. The molecule has 0 fully saturated rings. The van der Waals surface area contributed by atoms with E-state index in [0.29, 0.717) is 5.37 Å². The molecule has 1 unspecified atom stereocenters. The van der Waals surface area contributed by atoms with Gasteiger partial charge in [0.25, 0.3) is 0 Å². The van der Waals surface area contributed by atoms with Crippen molar-refractivity contribution in [2.45, 2.75) is 33.1 Å². The molecule has 3 nitrogen and oxygen atoms in total. The number of thiazole rings is 1. The van der Waals surface area contributed by atoms with Gasteiger partial charge in [-0.25, -0.2) is 4.98 Å². The molecule has 1 aromatic carbocycles. The van der Waals surface area contributed by atoms with E-state index in [4.69, 9.17) is 4.98 Å². The Bertz CT molecular complexity index is 733. The first kappa shape index (κ1) is 15.4.